The average Bonchev–Trinajstić information content (AvgIpc) is 3.33. The maximum atomic E-state index is 12.2. The Hall–Kier alpha value is -2.18. The van der Waals surface area contributed by atoms with Crippen LogP contribution in [0.25, 0.3) is 0 Å². The van der Waals surface area contributed by atoms with Crippen molar-refractivity contribution in [1.29, 1.82) is 0 Å². The Balaban J connectivity index is 1.74. The number of carbonyl (C=O) groups is 1. The van der Waals surface area contributed by atoms with Crippen LogP contribution in [0.5, 0.6) is 0 Å². The summed E-state index contributed by atoms with van der Waals surface area (Å²) >= 11 is 0. The predicted molar refractivity (Wildman–Crippen MR) is 88.9 cm³/mol. The Labute approximate surface area is 135 Å². The third-order valence-corrected chi connectivity index (χ3v) is 5.26. The Bertz CT molecular complexity index is 825. The van der Waals surface area contributed by atoms with Crippen LogP contribution < -0.4 is 10.0 Å². The lowest BCUT2D eigenvalue weighted by atomic mass is 10.1. The SMILES string of the molecule is Cc1ccccc1NC(=O)c1ccc(S(=O)(=O)NC2CC2)cc1. The molecule has 120 valence electrons. The van der Waals surface area contributed by atoms with E-state index in [4.69, 9.17) is 0 Å². The molecule has 0 radical (unpaired) electrons. The molecule has 0 saturated heterocycles. The van der Waals surface area contributed by atoms with Gasteiger partial charge >= 0.3 is 0 Å². The van der Waals surface area contributed by atoms with Crippen LogP contribution in [0.15, 0.2) is 53.4 Å². The fraction of sp³-hybridized carbons (Fsp3) is 0.235. The van der Waals surface area contributed by atoms with E-state index in [1.54, 1.807) is 0 Å². The van der Waals surface area contributed by atoms with Gasteiger partial charge in [-0.2, -0.15) is 0 Å². The molecule has 23 heavy (non-hydrogen) atoms. The molecule has 1 saturated carbocycles. The third kappa shape index (κ3) is 3.78. The van der Waals surface area contributed by atoms with Crippen molar-refractivity contribution < 1.29 is 13.2 Å². The Morgan fingerprint density at radius 3 is 2.30 bits per heavy atom. The molecule has 0 aromatic heterocycles. The fourth-order valence-electron chi connectivity index (χ4n) is 2.18. The monoisotopic (exact) mass is 330 g/mol. The second kappa shape index (κ2) is 6.14. The van der Waals surface area contributed by atoms with Crippen molar-refractivity contribution >= 4 is 21.6 Å². The number of amides is 1. The number of rotatable bonds is 5. The minimum atomic E-state index is -3.49. The van der Waals surface area contributed by atoms with Gasteiger partial charge in [0.1, 0.15) is 0 Å². The standard InChI is InChI=1S/C17H18N2O3S/c1-12-4-2-3-5-16(12)18-17(20)13-6-10-15(11-7-13)23(21,22)19-14-8-9-14/h2-7,10-11,14,19H,8-9H2,1H3,(H,18,20). The second-order valence-corrected chi connectivity index (χ2v) is 7.40. The van der Waals surface area contributed by atoms with Crippen LogP contribution in [-0.2, 0) is 10.0 Å². The summed E-state index contributed by atoms with van der Waals surface area (Å²) in [6, 6.07) is 13.5. The van der Waals surface area contributed by atoms with E-state index in [0.717, 1.165) is 24.1 Å². The van der Waals surface area contributed by atoms with Crippen LogP contribution in [0.4, 0.5) is 5.69 Å². The molecule has 1 amide bonds. The first-order chi connectivity index (χ1) is 11.0. The van der Waals surface area contributed by atoms with Gasteiger partial charge in [-0.3, -0.25) is 4.79 Å². The normalized spacial score (nSPS) is 14.5. The van der Waals surface area contributed by atoms with Gasteiger partial charge in [0.05, 0.1) is 4.90 Å². The molecule has 1 aliphatic carbocycles. The molecule has 0 atom stereocenters. The number of sulfonamides is 1. The highest BCUT2D eigenvalue weighted by molar-refractivity contribution is 7.89. The summed E-state index contributed by atoms with van der Waals surface area (Å²) in [5.41, 5.74) is 2.12. The quantitative estimate of drug-likeness (QED) is 0.885. The summed E-state index contributed by atoms with van der Waals surface area (Å²) in [7, 11) is -3.49. The molecule has 6 heteroatoms. The zero-order valence-corrected chi connectivity index (χ0v) is 13.6. The van der Waals surface area contributed by atoms with Crippen LogP contribution in [0.2, 0.25) is 0 Å². The number of hydrogen-bond donors (Lipinski definition) is 2. The van der Waals surface area contributed by atoms with Gasteiger partial charge in [-0.25, -0.2) is 13.1 Å². The molecule has 1 aliphatic rings. The van der Waals surface area contributed by atoms with E-state index in [0.29, 0.717) is 5.56 Å². The molecule has 0 bridgehead atoms. The highest BCUT2D eigenvalue weighted by Crippen LogP contribution is 2.22. The smallest absolute Gasteiger partial charge is 0.255 e. The molecule has 2 aromatic carbocycles. The molecule has 0 unspecified atom stereocenters. The average molecular weight is 330 g/mol. The molecule has 0 aliphatic heterocycles. The van der Waals surface area contributed by atoms with Crippen LogP contribution in [0.3, 0.4) is 0 Å². The van der Waals surface area contributed by atoms with Gasteiger partial charge in [0.25, 0.3) is 5.91 Å². The third-order valence-electron chi connectivity index (χ3n) is 3.72. The summed E-state index contributed by atoms with van der Waals surface area (Å²) in [6.45, 7) is 1.91. The van der Waals surface area contributed by atoms with Gasteiger partial charge in [0.15, 0.2) is 0 Å². The lowest BCUT2D eigenvalue weighted by Crippen LogP contribution is -2.25. The van der Waals surface area contributed by atoms with Gasteiger partial charge in [-0.1, -0.05) is 18.2 Å². The summed E-state index contributed by atoms with van der Waals surface area (Å²) in [5.74, 6) is -0.265. The highest BCUT2D eigenvalue weighted by atomic mass is 32.2. The van der Waals surface area contributed by atoms with Crippen LogP contribution in [0.1, 0.15) is 28.8 Å². The zero-order valence-electron chi connectivity index (χ0n) is 12.7. The topological polar surface area (TPSA) is 75.3 Å². The zero-order chi connectivity index (χ0) is 16.4. The molecular weight excluding hydrogens is 312 g/mol. The molecule has 5 nitrogen and oxygen atoms in total. The first-order valence-corrected chi connectivity index (χ1v) is 8.93. The molecule has 1 fully saturated rings. The number of benzene rings is 2. The van der Waals surface area contributed by atoms with E-state index in [-0.39, 0.29) is 16.8 Å². The van der Waals surface area contributed by atoms with Gasteiger partial charge in [0, 0.05) is 17.3 Å². The fourth-order valence-corrected chi connectivity index (χ4v) is 3.49. The lowest BCUT2D eigenvalue weighted by molar-refractivity contribution is 0.102. The van der Waals surface area contributed by atoms with E-state index < -0.39 is 10.0 Å². The molecular formula is C17H18N2O3S. The Morgan fingerprint density at radius 1 is 1.04 bits per heavy atom. The first kappa shape index (κ1) is 15.7. The number of para-hydroxylation sites is 1. The number of anilines is 1. The van der Waals surface area contributed by atoms with Gasteiger partial charge < -0.3 is 5.32 Å². The van der Waals surface area contributed by atoms with E-state index in [1.165, 1.54) is 24.3 Å². The van der Waals surface area contributed by atoms with Gasteiger partial charge in [0.2, 0.25) is 10.0 Å². The molecule has 2 N–H and O–H groups in total. The number of nitrogens with one attached hydrogen (secondary N) is 2. The van der Waals surface area contributed by atoms with Crippen molar-refractivity contribution in [2.75, 3.05) is 5.32 Å². The van der Waals surface area contributed by atoms with E-state index in [9.17, 15) is 13.2 Å². The largest absolute Gasteiger partial charge is 0.322 e. The van der Waals surface area contributed by atoms with Crippen LogP contribution >= 0.6 is 0 Å². The summed E-state index contributed by atoms with van der Waals surface area (Å²) in [6.07, 6.45) is 1.77. The van der Waals surface area contributed by atoms with Gasteiger partial charge in [-0.05, 0) is 55.7 Å². The Morgan fingerprint density at radius 2 is 1.70 bits per heavy atom. The minimum absolute atomic E-state index is 0.0593. The summed E-state index contributed by atoms with van der Waals surface area (Å²) in [4.78, 5) is 12.4. The van der Waals surface area contributed by atoms with Crippen LogP contribution in [-0.4, -0.2) is 20.4 Å². The van der Waals surface area contributed by atoms with Crippen molar-refractivity contribution in [3.05, 3.63) is 59.7 Å². The van der Waals surface area contributed by atoms with Crippen molar-refractivity contribution in [2.45, 2.75) is 30.7 Å². The number of hydrogen-bond acceptors (Lipinski definition) is 3. The van der Waals surface area contributed by atoms with Gasteiger partial charge in [-0.15, -0.1) is 0 Å². The van der Waals surface area contributed by atoms with Crippen molar-refractivity contribution in [3.8, 4) is 0 Å². The van der Waals surface area contributed by atoms with Crippen LogP contribution in [0, 0.1) is 6.92 Å². The molecule has 2 aromatic rings. The van der Waals surface area contributed by atoms with Crippen molar-refractivity contribution in [1.82, 2.24) is 4.72 Å². The number of aryl methyl sites for hydroxylation is 1. The van der Waals surface area contributed by atoms with E-state index >= 15 is 0 Å². The lowest BCUT2D eigenvalue weighted by Gasteiger charge is -2.09. The maximum absolute atomic E-state index is 12.2. The molecule has 0 spiro atoms. The van der Waals surface area contributed by atoms with E-state index in [1.807, 2.05) is 31.2 Å². The Kier molecular flexibility index (Phi) is 4.19. The second-order valence-electron chi connectivity index (χ2n) is 5.69. The summed E-state index contributed by atoms with van der Waals surface area (Å²) in [5, 5.41) is 2.82. The van der Waals surface area contributed by atoms with Crippen molar-refractivity contribution in [3.63, 3.8) is 0 Å². The summed E-state index contributed by atoms with van der Waals surface area (Å²) < 4.78 is 26.8. The number of carbonyl (C=O) groups excluding carboxylic acids is 1. The first-order valence-electron chi connectivity index (χ1n) is 7.45. The molecule has 3 rings (SSSR count). The molecule has 0 heterocycles. The van der Waals surface area contributed by atoms with E-state index in [2.05, 4.69) is 10.0 Å². The highest BCUT2D eigenvalue weighted by Gasteiger charge is 2.27. The van der Waals surface area contributed by atoms with Crippen molar-refractivity contribution in [2.24, 2.45) is 0 Å². The predicted octanol–water partition coefficient (Wildman–Crippen LogP) is 2.69. The maximum Gasteiger partial charge on any atom is 0.255 e. The minimum Gasteiger partial charge on any atom is -0.322 e.